The summed E-state index contributed by atoms with van der Waals surface area (Å²) in [5.74, 6) is 1.20. The summed E-state index contributed by atoms with van der Waals surface area (Å²) in [5, 5.41) is 3.32. The summed E-state index contributed by atoms with van der Waals surface area (Å²) in [5.41, 5.74) is 0. The van der Waals surface area contributed by atoms with Gasteiger partial charge in [0.2, 0.25) is 0 Å². The summed E-state index contributed by atoms with van der Waals surface area (Å²) in [4.78, 5) is 14.3. The SMILES string of the molecule is COC(=O)C(CN(CCC(C)C)CCC(C)C)NC(C)C. The monoisotopic (exact) mass is 300 g/mol. The van der Waals surface area contributed by atoms with Gasteiger partial charge in [-0.05, 0) is 37.8 Å². The van der Waals surface area contributed by atoms with Crippen LogP contribution in [0.5, 0.6) is 0 Å². The fourth-order valence-electron chi connectivity index (χ4n) is 2.17. The number of methoxy groups -OCH3 is 1. The zero-order valence-corrected chi connectivity index (χ0v) is 15.1. The largest absolute Gasteiger partial charge is 0.468 e. The maximum Gasteiger partial charge on any atom is 0.324 e. The predicted octanol–water partition coefficient (Wildman–Crippen LogP) is 2.92. The molecule has 0 spiro atoms. The zero-order chi connectivity index (χ0) is 16.4. The van der Waals surface area contributed by atoms with Crippen molar-refractivity contribution in [3.05, 3.63) is 0 Å². The molecule has 1 atom stereocenters. The Morgan fingerprint density at radius 3 is 1.81 bits per heavy atom. The van der Waals surface area contributed by atoms with Gasteiger partial charge in [-0.15, -0.1) is 0 Å². The Morgan fingerprint density at radius 2 is 1.48 bits per heavy atom. The first-order chi connectivity index (χ1) is 9.76. The lowest BCUT2D eigenvalue weighted by Gasteiger charge is -2.29. The molecule has 0 aliphatic rings. The summed E-state index contributed by atoms with van der Waals surface area (Å²) in [6, 6.07) is 0.0282. The van der Waals surface area contributed by atoms with Crippen molar-refractivity contribution in [2.24, 2.45) is 11.8 Å². The van der Waals surface area contributed by atoms with Crippen molar-refractivity contribution >= 4 is 5.97 Å². The minimum Gasteiger partial charge on any atom is -0.468 e. The minimum absolute atomic E-state index is 0.164. The number of hydrogen-bond donors (Lipinski definition) is 1. The fourth-order valence-corrected chi connectivity index (χ4v) is 2.17. The van der Waals surface area contributed by atoms with Gasteiger partial charge in [0, 0.05) is 12.6 Å². The summed E-state index contributed by atoms with van der Waals surface area (Å²) < 4.78 is 4.94. The van der Waals surface area contributed by atoms with E-state index in [2.05, 4.69) is 51.8 Å². The zero-order valence-electron chi connectivity index (χ0n) is 15.1. The Labute approximate surface area is 131 Å². The van der Waals surface area contributed by atoms with Crippen LogP contribution in [-0.4, -0.2) is 49.7 Å². The van der Waals surface area contributed by atoms with Crippen molar-refractivity contribution in [3.63, 3.8) is 0 Å². The highest BCUT2D eigenvalue weighted by Crippen LogP contribution is 2.08. The lowest BCUT2D eigenvalue weighted by atomic mass is 10.1. The van der Waals surface area contributed by atoms with Crippen molar-refractivity contribution in [1.82, 2.24) is 10.2 Å². The van der Waals surface area contributed by atoms with Crippen molar-refractivity contribution in [3.8, 4) is 0 Å². The van der Waals surface area contributed by atoms with E-state index in [0.29, 0.717) is 11.8 Å². The molecule has 0 saturated carbocycles. The van der Waals surface area contributed by atoms with E-state index < -0.39 is 0 Å². The first kappa shape index (κ1) is 20.4. The normalized spacial score (nSPS) is 13.5. The van der Waals surface area contributed by atoms with Crippen LogP contribution in [0.15, 0.2) is 0 Å². The molecular formula is C17H36N2O2. The average Bonchev–Trinajstić information content (AvgIpc) is 2.38. The van der Waals surface area contributed by atoms with Gasteiger partial charge in [0.15, 0.2) is 0 Å². The number of nitrogens with one attached hydrogen (secondary N) is 1. The maximum absolute atomic E-state index is 11.9. The first-order valence-electron chi connectivity index (χ1n) is 8.32. The van der Waals surface area contributed by atoms with Gasteiger partial charge in [-0.3, -0.25) is 4.79 Å². The molecule has 0 aromatic carbocycles. The van der Waals surface area contributed by atoms with E-state index in [1.807, 2.05) is 0 Å². The van der Waals surface area contributed by atoms with Crippen molar-refractivity contribution in [2.45, 2.75) is 66.5 Å². The smallest absolute Gasteiger partial charge is 0.324 e. The van der Waals surface area contributed by atoms with E-state index >= 15 is 0 Å². The molecule has 0 rings (SSSR count). The number of esters is 1. The van der Waals surface area contributed by atoms with Crippen LogP contribution in [0.3, 0.4) is 0 Å². The van der Waals surface area contributed by atoms with Crippen molar-refractivity contribution in [1.29, 1.82) is 0 Å². The van der Waals surface area contributed by atoms with E-state index in [1.165, 1.54) is 7.11 Å². The van der Waals surface area contributed by atoms with Crippen LogP contribution in [0, 0.1) is 11.8 Å². The molecule has 0 aliphatic carbocycles. The second kappa shape index (κ2) is 11.0. The average molecular weight is 300 g/mol. The quantitative estimate of drug-likeness (QED) is 0.596. The molecule has 126 valence electrons. The van der Waals surface area contributed by atoms with Crippen LogP contribution in [0.1, 0.15) is 54.4 Å². The Hall–Kier alpha value is -0.610. The van der Waals surface area contributed by atoms with Gasteiger partial charge < -0.3 is 15.0 Å². The Kier molecular flexibility index (Phi) is 10.7. The molecule has 0 radical (unpaired) electrons. The van der Waals surface area contributed by atoms with E-state index in [4.69, 9.17) is 4.74 Å². The Morgan fingerprint density at radius 1 is 1.00 bits per heavy atom. The van der Waals surface area contributed by atoms with Crippen molar-refractivity contribution < 1.29 is 9.53 Å². The van der Waals surface area contributed by atoms with Gasteiger partial charge in [-0.1, -0.05) is 41.5 Å². The molecule has 0 saturated heterocycles. The first-order valence-corrected chi connectivity index (χ1v) is 8.32. The Bertz CT molecular complexity index is 266. The molecule has 0 amide bonds. The third-order valence-electron chi connectivity index (χ3n) is 3.51. The molecule has 0 aromatic heterocycles. The maximum atomic E-state index is 11.9. The second-order valence-corrected chi connectivity index (χ2v) is 7.06. The van der Waals surface area contributed by atoms with Gasteiger partial charge >= 0.3 is 5.97 Å². The highest BCUT2D eigenvalue weighted by atomic mass is 16.5. The summed E-state index contributed by atoms with van der Waals surface area (Å²) in [7, 11) is 1.46. The van der Waals surface area contributed by atoms with Crippen LogP contribution >= 0.6 is 0 Å². The van der Waals surface area contributed by atoms with Crippen LogP contribution in [0.4, 0.5) is 0 Å². The van der Waals surface area contributed by atoms with Crippen LogP contribution in [-0.2, 0) is 9.53 Å². The highest BCUT2D eigenvalue weighted by Gasteiger charge is 2.23. The number of carbonyl (C=O) groups excluding carboxylic acids is 1. The molecule has 0 fully saturated rings. The summed E-state index contributed by atoms with van der Waals surface area (Å²) in [6.07, 6.45) is 2.32. The minimum atomic E-state index is -0.241. The van der Waals surface area contributed by atoms with Crippen LogP contribution < -0.4 is 5.32 Å². The number of hydrogen-bond acceptors (Lipinski definition) is 4. The topological polar surface area (TPSA) is 41.6 Å². The fraction of sp³-hybridized carbons (Fsp3) is 0.941. The molecule has 0 aromatic rings. The van der Waals surface area contributed by atoms with E-state index in [1.54, 1.807) is 0 Å². The second-order valence-electron chi connectivity index (χ2n) is 7.06. The molecule has 0 bridgehead atoms. The van der Waals surface area contributed by atoms with E-state index in [9.17, 15) is 4.79 Å². The molecule has 4 heteroatoms. The molecule has 21 heavy (non-hydrogen) atoms. The van der Waals surface area contributed by atoms with Gasteiger partial charge in [-0.2, -0.15) is 0 Å². The van der Waals surface area contributed by atoms with Gasteiger partial charge in [0.25, 0.3) is 0 Å². The third-order valence-corrected chi connectivity index (χ3v) is 3.51. The molecule has 1 unspecified atom stereocenters. The number of nitrogens with zero attached hydrogens (tertiary/aromatic N) is 1. The lowest BCUT2D eigenvalue weighted by molar-refractivity contribution is -0.143. The van der Waals surface area contributed by atoms with Crippen LogP contribution in [0.25, 0.3) is 0 Å². The molecule has 4 nitrogen and oxygen atoms in total. The highest BCUT2D eigenvalue weighted by molar-refractivity contribution is 5.75. The molecule has 1 N–H and O–H groups in total. The van der Waals surface area contributed by atoms with Gasteiger partial charge in [-0.25, -0.2) is 0 Å². The van der Waals surface area contributed by atoms with Gasteiger partial charge in [0.05, 0.1) is 7.11 Å². The summed E-state index contributed by atoms with van der Waals surface area (Å²) in [6.45, 7) is 15.9. The Balaban J connectivity index is 4.63. The van der Waals surface area contributed by atoms with Gasteiger partial charge in [0.1, 0.15) is 6.04 Å². The summed E-state index contributed by atoms with van der Waals surface area (Å²) >= 11 is 0. The van der Waals surface area contributed by atoms with Crippen LogP contribution in [0.2, 0.25) is 0 Å². The standard InChI is InChI=1S/C17H36N2O2/c1-13(2)8-10-19(11-9-14(3)4)12-16(17(20)21-7)18-15(5)6/h13-16,18H,8-12H2,1-7H3. The molecular weight excluding hydrogens is 264 g/mol. The lowest BCUT2D eigenvalue weighted by Crippen LogP contribution is -2.49. The number of rotatable bonds is 11. The number of ether oxygens (including phenoxy) is 1. The predicted molar refractivity (Wildman–Crippen MR) is 89.4 cm³/mol. The third kappa shape index (κ3) is 10.7. The molecule has 0 heterocycles. The van der Waals surface area contributed by atoms with E-state index in [0.717, 1.165) is 32.5 Å². The number of carbonyl (C=O) groups is 1. The van der Waals surface area contributed by atoms with E-state index in [-0.39, 0.29) is 18.1 Å². The molecule has 0 aliphatic heterocycles. The van der Waals surface area contributed by atoms with Crippen molar-refractivity contribution in [2.75, 3.05) is 26.7 Å².